The predicted octanol–water partition coefficient (Wildman–Crippen LogP) is 5.37. The summed E-state index contributed by atoms with van der Waals surface area (Å²) in [5, 5.41) is 10.2. The molecule has 0 saturated carbocycles. The lowest BCUT2D eigenvalue weighted by atomic mass is 9.90. The maximum absolute atomic E-state index is 12.2. The summed E-state index contributed by atoms with van der Waals surface area (Å²) < 4.78 is 123. The first-order chi connectivity index (χ1) is 28.7. The lowest BCUT2D eigenvalue weighted by Crippen LogP contribution is -2.30. The Morgan fingerprint density at radius 2 is 1.30 bits per heavy atom. The number of pyridine rings is 1. The summed E-state index contributed by atoms with van der Waals surface area (Å²) in [6.07, 6.45) is 9.12. The molecule has 61 heavy (non-hydrogen) atoms. The van der Waals surface area contributed by atoms with Crippen LogP contribution in [0.4, 0.5) is 11.4 Å². The molecule has 2 heterocycles. The van der Waals surface area contributed by atoms with E-state index in [-0.39, 0.29) is 11.3 Å². The van der Waals surface area contributed by atoms with Crippen molar-refractivity contribution < 1.29 is 65.7 Å². The van der Waals surface area contributed by atoms with Gasteiger partial charge < -0.3 is 14.6 Å². The standard InChI is InChI=1S/C40H34N2O8S3.2O3S/c1-41-35-9-5-3-7-31(35)29(32-8-4-6-10-36(32)41)17-13-25-11-12-26(40(25)51-22-21-39(43)44)14-18-30-33-23-27(52(45,46)47)15-19-37(33)42(2)38-20-16-28(24-34(30)38)53(48,49)50;2*1-4(2)3/h3-10,13-20,23-24H,11-12,21-22H2,1-2H3,(H2-,43,44,45,46,47,48,49,50);;. The van der Waals surface area contributed by atoms with Crippen molar-refractivity contribution in [3.05, 3.63) is 136 Å². The van der Waals surface area contributed by atoms with E-state index >= 15 is 0 Å². The lowest BCUT2D eigenvalue weighted by Gasteiger charge is -2.31. The summed E-state index contributed by atoms with van der Waals surface area (Å²) in [5.74, 6) is -0.573. The maximum atomic E-state index is 12.2. The average Bonchev–Trinajstić information content (AvgIpc) is 3.57. The molecule has 1 aromatic heterocycles. The molecule has 0 bridgehead atoms. The maximum Gasteiger partial charge on any atom is 0.425 e. The molecule has 5 aromatic rings. The fourth-order valence-corrected chi connectivity index (χ4v) is 9.27. The molecule has 0 atom stereocenters. The van der Waals surface area contributed by atoms with Crippen LogP contribution in [0, 0.1) is 0 Å². The second-order valence-corrected chi connectivity index (χ2v) is 17.9. The summed E-state index contributed by atoms with van der Waals surface area (Å²) in [4.78, 5) is 13.8. The Morgan fingerprint density at radius 1 is 0.787 bits per heavy atom. The van der Waals surface area contributed by atoms with Gasteiger partial charge >= 0.3 is 27.2 Å². The third-order valence-corrected chi connectivity index (χ3v) is 12.6. The van der Waals surface area contributed by atoms with Gasteiger partial charge in [-0.05, 0) is 66.0 Å². The minimum atomic E-state index is -4.82. The van der Waals surface area contributed by atoms with Gasteiger partial charge in [0, 0.05) is 57.9 Å². The first kappa shape index (κ1) is 46.3. The number of fused-ring (bicyclic) bond motifs is 4. The summed E-state index contributed by atoms with van der Waals surface area (Å²) >= 11 is 1.45. The molecule has 2 aliphatic rings. The van der Waals surface area contributed by atoms with Crippen molar-refractivity contribution in [2.45, 2.75) is 29.1 Å². The summed E-state index contributed by atoms with van der Waals surface area (Å²) in [5.41, 5.74) is 9.00. The van der Waals surface area contributed by atoms with E-state index in [0.717, 1.165) is 44.1 Å². The SMILES string of the molecule is CN1c2ccccc2C(=C/C=C2\CCC(/C=C/c3c4cc(S(=O)(=O)[O-])ccc4[n+](C)c4ccc(S(=O)(=O)O)cc34)=C2SCCC(=O)O)c2ccccc21.O=S(=O)=O.O=S(=O)=O. The molecule has 318 valence electrons. The second kappa shape index (κ2) is 19.3. The van der Waals surface area contributed by atoms with Crippen molar-refractivity contribution in [3.8, 4) is 0 Å². The van der Waals surface area contributed by atoms with Gasteiger partial charge in [0.15, 0.2) is 0 Å². The first-order valence-electron chi connectivity index (χ1n) is 17.6. The van der Waals surface area contributed by atoms with Crippen LogP contribution in [0.15, 0.2) is 129 Å². The molecule has 16 nitrogen and oxygen atoms in total. The molecule has 0 unspecified atom stereocenters. The smallest absolute Gasteiger partial charge is 0.425 e. The van der Waals surface area contributed by atoms with Gasteiger partial charge in [0.25, 0.3) is 10.1 Å². The number of aromatic nitrogens is 1. The zero-order chi connectivity index (χ0) is 44.8. The highest BCUT2D eigenvalue weighted by atomic mass is 32.2. The van der Waals surface area contributed by atoms with E-state index in [0.29, 0.717) is 46.0 Å². The molecule has 1 aliphatic carbocycles. The van der Waals surface area contributed by atoms with E-state index in [2.05, 4.69) is 41.3 Å². The van der Waals surface area contributed by atoms with Gasteiger partial charge in [-0.3, -0.25) is 9.35 Å². The van der Waals surface area contributed by atoms with Crippen molar-refractivity contribution in [2.24, 2.45) is 7.05 Å². The number of hydrogen-bond acceptors (Lipinski definition) is 14. The number of carboxylic acids is 1. The summed E-state index contributed by atoms with van der Waals surface area (Å²) in [7, 11) is -11.8. The molecular formula is C40H34N2O14S5. The van der Waals surface area contributed by atoms with Gasteiger partial charge in [0.2, 0.25) is 11.0 Å². The van der Waals surface area contributed by atoms with Gasteiger partial charge in [-0.25, -0.2) is 8.42 Å². The van der Waals surface area contributed by atoms with Gasteiger partial charge in [-0.15, -0.1) is 37.0 Å². The Bertz CT molecular complexity index is 3010. The van der Waals surface area contributed by atoms with Crippen LogP contribution < -0.4 is 9.47 Å². The molecule has 0 amide bonds. The first-order valence-corrected chi connectivity index (χ1v) is 23.5. The molecule has 0 spiro atoms. The molecule has 0 radical (unpaired) electrons. The van der Waals surface area contributed by atoms with E-state index in [1.165, 1.54) is 42.1 Å². The van der Waals surface area contributed by atoms with Crippen LogP contribution in [0.2, 0.25) is 0 Å². The predicted molar refractivity (Wildman–Crippen MR) is 226 cm³/mol. The number of allylic oxidation sites excluding steroid dienone is 5. The third-order valence-electron chi connectivity index (χ3n) is 9.65. The summed E-state index contributed by atoms with van der Waals surface area (Å²) in [6.45, 7) is 0. The highest BCUT2D eigenvalue weighted by Crippen LogP contribution is 2.45. The Balaban J connectivity index is 0.000000810. The van der Waals surface area contributed by atoms with Gasteiger partial charge in [0.05, 0.1) is 27.0 Å². The number of thioether (sulfide) groups is 1. The summed E-state index contributed by atoms with van der Waals surface area (Å²) in [6, 6.07) is 24.6. The second-order valence-electron chi connectivity index (χ2n) is 13.2. The number of carboxylic acid groups (broad SMARTS) is 1. The number of benzene rings is 4. The number of carbonyl (C=O) groups is 1. The van der Waals surface area contributed by atoms with Crippen LogP contribution >= 0.6 is 11.8 Å². The molecule has 1 aliphatic heterocycles. The Morgan fingerprint density at radius 3 is 1.80 bits per heavy atom. The monoisotopic (exact) mass is 926 g/mol. The molecule has 2 N–H and O–H groups in total. The molecule has 21 heteroatoms. The van der Waals surface area contributed by atoms with Crippen molar-refractivity contribution in [3.63, 3.8) is 0 Å². The Labute approximate surface area is 357 Å². The third kappa shape index (κ3) is 11.1. The van der Waals surface area contributed by atoms with Crippen molar-refractivity contribution >= 4 is 104 Å². The molecule has 7 rings (SSSR count). The van der Waals surface area contributed by atoms with Crippen LogP contribution in [0.5, 0.6) is 0 Å². The minimum Gasteiger partial charge on any atom is -0.744 e. The van der Waals surface area contributed by atoms with Crippen molar-refractivity contribution in [1.29, 1.82) is 0 Å². The zero-order valence-corrected chi connectivity index (χ0v) is 36.0. The van der Waals surface area contributed by atoms with Gasteiger partial charge in [0.1, 0.15) is 17.2 Å². The minimum absolute atomic E-state index is 0.0397. The van der Waals surface area contributed by atoms with Crippen LogP contribution in [0.1, 0.15) is 36.0 Å². The highest BCUT2D eigenvalue weighted by molar-refractivity contribution is 8.03. The fourth-order valence-electron chi connectivity index (χ4n) is 7.07. The molecular weight excluding hydrogens is 893 g/mol. The molecule has 0 fully saturated rings. The number of anilines is 2. The quantitative estimate of drug-likeness (QED) is 0.107. The van der Waals surface area contributed by atoms with E-state index in [9.17, 15) is 35.8 Å². The van der Waals surface area contributed by atoms with E-state index in [1.807, 2.05) is 37.4 Å². The number of rotatable bonds is 9. The van der Waals surface area contributed by atoms with Crippen LogP contribution in [-0.4, -0.2) is 75.1 Å². The average molecular weight is 927 g/mol. The number of nitrogens with zero attached hydrogens (tertiary/aromatic N) is 2. The van der Waals surface area contributed by atoms with Crippen LogP contribution in [0.25, 0.3) is 33.5 Å². The van der Waals surface area contributed by atoms with E-state index < -0.39 is 52.3 Å². The van der Waals surface area contributed by atoms with Crippen LogP contribution in [0.3, 0.4) is 0 Å². The lowest BCUT2D eigenvalue weighted by molar-refractivity contribution is -0.617. The highest BCUT2D eigenvalue weighted by Gasteiger charge is 2.25. The fraction of sp³-hybridized carbons (Fsp3) is 0.150. The van der Waals surface area contributed by atoms with E-state index in [4.69, 9.17) is 25.3 Å². The number of para-hydroxylation sites is 2. The number of hydrogen-bond donors (Lipinski definition) is 2. The number of aryl methyl sites for hydroxylation is 1. The van der Waals surface area contributed by atoms with E-state index in [1.54, 1.807) is 23.8 Å². The molecule has 4 aromatic carbocycles. The van der Waals surface area contributed by atoms with Crippen molar-refractivity contribution in [1.82, 2.24) is 0 Å². The topological polar surface area (TPSA) is 258 Å². The Hall–Kier alpha value is -5.81. The number of aliphatic carboxylic acids is 1. The van der Waals surface area contributed by atoms with Crippen molar-refractivity contribution in [2.75, 3.05) is 17.7 Å². The Kier molecular flexibility index (Phi) is 14.6. The normalized spacial score (nSPS) is 14.3. The largest absolute Gasteiger partial charge is 0.744 e. The molecule has 0 saturated heterocycles. The van der Waals surface area contributed by atoms with Crippen LogP contribution in [-0.2, 0) is 53.3 Å². The van der Waals surface area contributed by atoms with Gasteiger partial charge in [-0.2, -0.15) is 13.0 Å². The van der Waals surface area contributed by atoms with Gasteiger partial charge in [-0.1, -0.05) is 60.7 Å². The zero-order valence-electron chi connectivity index (χ0n) is 31.9.